The highest BCUT2D eigenvalue weighted by Crippen LogP contribution is 2.48. The zero-order chi connectivity index (χ0) is 13.6. The molecule has 0 aromatic rings. The van der Waals surface area contributed by atoms with Crippen molar-refractivity contribution in [2.45, 2.75) is 45.4 Å². The molecule has 1 aliphatic heterocycles. The molecule has 0 amide bonds. The second-order valence-corrected chi connectivity index (χ2v) is 6.79. The minimum absolute atomic E-state index is 0.589. The Morgan fingerprint density at radius 2 is 2.26 bits per heavy atom. The first-order valence-electron chi connectivity index (χ1n) is 8.16. The van der Waals surface area contributed by atoms with Crippen molar-refractivity contribution >= 4 is 0 Å². The quantitative estimate of drug-likeness (QED) is 0.630. The van der Waals surface area contributed by atoms with Crippen LogP contribution in [0.2, 0.25) is 0 Å². The van der Waals surface area contributed by atoms with Gasteiger partial charge in [0.1, 0.15) is 0 Å². The topological polar surface area (TPSA) is 33.3 Å². The Labute approximate surface area is 118 Å². The standard InChI is InChI=1S/C16H32N2O/c1-14(15-4-3-9-17-12-15)5-10-18-13-16(6-7-16)8-11-19-2/h14-15,17-18H,3-13H2,1-2H3. The zero-order valence-corrected chi connectivity index (χ0v) is 12.8. The maximum atomic E-state index is 5.21. The van der Waals surface area contributed by atoms with E-state index in [1.54, 1.807) is 0 Å². The Kier molecular flexibility index (Phi) is 6.11. The first-order chi connectivity index (χ1) is 9.26. The smallest absolute Gasteiger partial charge is 0.0468 e. The third-order valence-electron chi connectivity index (χ3n) is 5.21. The molecule has 2 aliphatic rings. The molecule has 3 nitrogen and oxygen atoms in total. The molecule has 0 aromatic heterocycles. The molecule has 1 saturated heterocycles. The van der Waals surface area contributed by atoms with Crippen molar-refractivity contribution in [3.8, 4) is 0 Å². The van der Waals surface area contributed by atoms with Gasteiger partial charge in [-0.2, -0.15) is 0 Å². The van der Waals surface area contributed by atoms with Crippen molar-refractivity contribution < 1.29 is 4.74 Å². The van der Waals surface area contributed by atoms with Gasteiger partial charge in [0.15, 0.2) is 0 Å². The van der Waals surface area contributed by atoms with Gasteiger partial charge in [0, 0.05) is 20.3 Å². The van der Waals surface area contributed by atoms with E-state index in [2.05, 4.69) is 17.6 Å². The summed E-state index contributed by atoms with van der Waals surface area (Å²) in [6.45, 7) is 8.20. The molecule has 2 atom stereocenters. The van der Waals surface area contributed by atoms with Gasteiger partial charge in [0.2, 0.25) is 0 Å². The molecule has 2 N–H and O–H groups in total. The predicted octanol–water partition coefficient (Wildman–Crippen LogP) is 2.42. The summed E-state index contributed by atoms with van der Waals surface area (Å²) in [7, 11) is 1.81. The van der Waals surface area contributed by atoms with E-state index in [-0.39, 0.29) is 0 Å². The molecular weight excluding hydrogens is 236 g/mol. The molecule has 0 aromatic carbocycles. The van der Waals surface area contributed by atoms with Crippen LogP contribution in [-0.4, -0.2) is 39.9 Å². The third-order valence-corrected chi connectivity index (χ3v) is 5.21. The molecule has 112 valence electrons. The second kappa shape index (κ2) is 7.61. The molecule has 0 radical (unpaired) electrons. The van der Waals surface area contributed by atoms with Crippen LogP contribution >= 0.6 is 0 Å². The summed E-state index contributed by atoms with van der Waals surface area (Å²) in [4.78, 5) is 0. The molecule has 1 heterocycles. The lowest BCUT2D eigenvalue weighted by Crippen LogP contribution is -2.34. The second-order valence-electron chi connectivity index (χ2n) is 6.79. The van der Waals surface area contributed by atoms with Crippen LogP contribution in [0.25, 0.3) is 0 Å². The third kappa shape index (κ3) is 5.05. The molecule has 1 aliphatic carbocycles. The summed E-state index contributed by atoms with van der Waals surface area (Å²) in [5, 5.41) is 7.22. The summed E-state index contributed by atoms with van der Waals surface area (Å²) >= 11 is 0. The molecule has 19 heavy (non-hydrogen) atoms. The maximum Gasteiger partial charge on any atom is 0.0468 e. The number of piperidine rings is 1. The van der Waals surface area contributed by atoms with Crippen molar-refractivity contribution in [2.75, 3.05) is 39.9 Å². The SMILES string of the molecule is COCCC1(CNCCC(C)C2CCCNC2)CC1. The highest BCUT2D eigenvalue weighted by molar-refractivity contribution is 4.94. The van der Waals surface area contributed by atoms with Crippen LogP contribution in [0.4, 0.5) is 0 Å². The van der Waals surface area contributed by atoms with E-state index in [0.717, 1.165) is 18.4 Å². The fourth-order valence-corrected chi connectivity index (χ4v) is 3.29. The van der Waals surface area contributed by atoms with Gasteiger partial charge in [-0.25, -0.2) is 0 Å². The van der Waals surface area contributed by atoms with E-state index < -0.39 is 0 Å². The number of nitrogens with one attached hydrogen (secondary N) is 2. The molecule has 3 heteroatoms. The Morgan fingerprint density at radius 3 is 2.89 bits per heavy atom. The first-order valence-corrected chi connectivity index (χ1v) is 8.16. The molecule has 2 fully saturated rings. The number of hydrogen-bond donors (Lipinski definition) is 2. The van der Waals surface area contributed by atoms with Crippen LogP contribution in [0.3, 0.4) is 0 Å². The zero-order valence-electron chi connectivity index (χ0n) is 12.8. The minimum atomic E-state index is 0.589. The molecular formula is C16H32N2O. The van der Waals surface area contributed by atoms with Gasteiger partial charge < -0.3 is 15.4 Å². The maximum absolute atomic E-state index is 5.21. The van der Waals surface area contributed by atoms with Crippen molar-refractivity contribution in [2.24, 2.45) is 17.3 Å². The average molecular weight is 268 g/mol. The number of hydrogen-bond acceptors (Lipinski definition) is 3. The van der Waals surface area contributed by atoms with Gasteiger partial charge in [-0.3, -0.25) is 0 Å². The Balaban J connectivity index is 1.53. The highest BCUT2D eigenvalue weighted by atomic mass is 16.5. The summed E-state index contributed by atoms with van der Waals surface area (Å²) < 4.78 is 5.21. The average Bonchev–Trinajstić information content (AvgIpc) is 3.23. The van der Waals surface area contributed by atoms with E-state index in [1.807, 2.05) is 7.11 Å². The highest BCUT2D eigenvalue weighted by Gasteiger charge is 2.41. The van der Waals surface area contributed by atoms with Gasteiger partial charge in [-0.05, 0) is 75.4 Å². The van der Waals surface area contributed by atoms with Gasteiger partial charge in [0.05, 0.1) is 0 Å². The molecule has 2 unspecified atom stereocenters. The molecule has 1 saturated carbocycles. The molecule has 2 rings (SSSR count). The van der Waals surface area contributed by atoms with Crippen molar-refractivity contribution in [1.29, 1.82) is 0 Å². The summed E-state index contributed by atoms with van der Waals surface area (Å²) in [5.41, 5.74) is 0.589. The predicted molar refractivity (Wildman–Crippen MR) is 80.4 cm³/mol. The van der Waals surface area contributed by atoms with Crippen LogP contribution in [0, 0.1) is 17.3 Å². The van der Waals surface area contributed by atoms with Crippen LogP contribution in [0.15, 0.2) is 0 Å². The van der Waals surface area contributed by atoms with Crippen LogP contribution in [-0.2, 0) is 4.74 Å². The van der Waals surface area contributed by atoms with E-state index in [4.69, 9.17) is 4.74 Å². The monoisotopic (exact) mass is 268 g/mol. The number of ether oxygens (including phenoxy) is 1. The van der Waals surface area contributed by atoms with Gasteiger partial charge >= 0.3 is 0 Å². The minimum Gasteiger partial charge on any atom is -0.385 e. The summed E-state index contributed by atoms with van der Waals surface area (Å²) in [6.07, 6.45) is 8.14. The van der Waals surface area contributed by atoms with Crippen molar-refractivity contribution in [1.82, 2.24) is 10.6 Å². The van der Waals surface area contributed by atoms with Crippen LogP contribution in [0.1, 0.15) is 45.4 Å². The number of rotatable bonds is 9. The molecule has 0 bridgehead atoms. The van der Waals surface area contributed by atoms with Gasteiger partial charge in [0.25, 0.3) is 0 Å². The van der Waals surface area contributed by atoms with E-state index >= 15 is 0 Å². The fraction of sp³-hybridized carbons (Fsp3) is 1.00. The van der Waals surface area contributed by atoms with Gasteiger partial charge in [-0.15, -0.1) is 0 Å². The van der Waals surface area contributed by atoms with Crippen LogP contribution in [0.5, 0.6) is 0 Å². The lowest BCUT2D eigenvalue weighted by atomic mass is 9.85. The van der Waals surface area contributed by atoms with Crippen LogP contribution < -0.4 is 10.6 Å². The fourth-order valence-electron chi connectivity index (χ4n) is 3.29. The van der Waals surface area contributed by atoms with E-state index in [1.165, 1.54) is 64.7 Å². The Morgan fingerprint density at radius 1 is 1.42 bits per heavy atom. The lowest BCUT2D eigenvalue weighted by molar-refractivity contribution is 0.171. The summed E-state index contributed by atoms with van der Waals surface area (Å²) in [5.74, 6) is 1.76. The number of methoxy groups -OCH3 is 1. The largest absolute Gasteiger partial charge is 0.385 e. The first kappa shape index (κ1) is 15.3. The lowest BCUT2D eigenvalue weighted by Gasteiger charge is -2.28. The molecule has 0 spiro atoms. The Bertz CT molecular complexity index is 247. The van der Waals surface area contributed by atoms with E-state index in [0.29, 0.717) is 5.41 Å². The normalized spacial score (nSPS) is 27.2. The van der Waals surface area contributed by atoms with Gasteiger partial charge in [-0.1, -0.05) is 6.92 Å². The van der Waals surface area contributed by atoms with Crippen molar-refractivity contribution in [3.05, 3.63) is 0 Å². The summed E-state index contributed by atoms with van der Waals surface area (Å²) in [6, 6.07) is 0. The van der Waals surface area contributed by atoms with Crippen molar-refractivity contribution in [3.63, 3.8) is 0 Å². The Hall–Kier alpha value is -0.120. The van der Waals surface area contributed by atoms with E-state index in [9.17, 15) is 0 Å².